The van der Waals surface area contributed by atoms with Crippen LogP contribution in [0.4, 0.5) is 15.3 Å². The van der Waals surface area contributed by atoms with Crippen molar-refractivity contribution in [3.63, 3.8) is 0 Å². The molecule has 164 valence electrons. The standard InChI is InChI=1S/C22H25N3O6/c1-2-23-22(27)31-18-13-29-19-17(12-28-20(18)19)25-21(26)24-14-8-10-16(11-9-14)30-15-6-4-3-5-7-15/h3-11,17-20H,2,12-13H2,1H3,(H,23,27)(H2,24,25,26)/t17-,18+,19+,20+/m0/s1. The number of urea groups is 1. The molecule has 0 aromatic heterocycles. The first-order valence-corrected chi connectivity index (χ1v) is 10.2. The number of ether oxygens (including phenoxy) is 4. The number of amides is 3. The Kier molecular flexibility index (Phi) is 6.54. The number of anilines is 1. The lowest BCUT2D eigenvalue weighted by Gasteiger charge is -2.18. The van der Waals surface area contributed by atoms with Crippen LogP contribution in [0.1, 0.15) is 6.92 Å². The van der Waals surface area contributed by atoms with Crippen molar-refractivity contribution >= 4 is 17.8 Å². The summed E-state index contributed by atoms with van der Waals surface area (Å²) in [6.07, 6.45) is -1.77. The van der Waals surface area contributed by atoms with Crippen molar-refractivity contribution in [3.8, 4) is 11.5 Å². The fourth-order valence-electron chi connectivity index (χ4n) is 3.58. The number of nitrogens with one attached hydrogen (secondary N) is 3. The second kappa shape index (κ2) is 9.67. The van der Waals surface area contributed by atoms with Gasteiger partial charge in [-0.3, -0.25) is 0 Å². The minimum atomic E-state index is -0.505. The minimum Gasteiger partial charge on any atom is -0.457 e. The van der Waals surface area contributed by atoms with Gasteiger partial charge >= 0.3 is 12.1 Å². The molecule has 0 saturated carbocycles. The van der Waals surface area contributed by atoms with Gasteiger partial charge in [0.15, 0.2) is 6.10 Å². The molecular formula is C22H25N3O6. The number of para-hydroxylation sites is 1. The number of hydrogen-bond donors (Lipinski definition) is 3. The van der Waals surface area contributed by atoms with Crippen LogP contribution < -0.4 is 20.7 Å². The van der Waals surface area contributed by atoms with Gasteiger partial charge in [0.2, 0.25) is 0 Å². The molecule has 4 rings (SSSR count). The fourth-order valence-corrected chi connectivity index (χ4v) is 3.58. The predicted octanol–water partition coefficient (Wildman–Crippen LogP) is 2.88. The van der Waals surface area contributed by atoms with Crippen LogP contribution >= 0.6 is 0 Å². The van der Waals surface area contributed by atoms with Gasteiger partial charge in [0.25, 0.3) is 0 Å². The summed E-state index contributed by atoms with van der Waals surface area (Å²) in [4.78, 5) is 24.1. The minimum absolute atomic E-state index is 0.231. The molecule has 3 amide bonds. The molecule has 2 aliphatic rings. The van der Waals surface area contributed by atoms with Gasteiger partial charge in [0, 0.05) is 12.2 Å². The summed E-state index contributed by atoms with van der Waals surface area (Å²) in [5.41, 5.74) is 0.623. The maximum absolute atomic E-state index is 12.4. The molecule has 2 saturated heterocycles. The number of benzene rings is 2. The third-order valence-corrected chi connectivity index (χ3v) is 5.00. The molecule has 2 aromatic rings. The van der Waals surface area contributed by atoms with Gasteiger partial charge in [0.05, 0.1) is 19.3 Å². The number of fused-ring (bicyclic) bond motifs is 1. The molecule has 0 bridgehead atoms. The molecule has 0 unspecified atom stereocenters. The van der Waals surface area contributed by atoms with E-state index in [1.165, 1.54) is 0 Å². The Morgan fingerprint density at radius 3 is 2.42 bits per heavy atom. The van der Waals surface area contributed by atoms with Gasteiger partial charge in [-0.1, -0.05) is 18.2 Å². The maximum Gasteiger partial charge on any atom is 0.407 e. The lowest BCUT2D eigenvalue weighted by atomic mass is 10.1. The summed E-state index contributed by atoms with van der Waals surface area (Å²) in [7, 11) is 0. The topological polar surface area (TPSA) is 107 Å². The average molecular weight is 427 g/mol. The highest BCUT2D eigenvalue weighted by molar-refractivity contribution is 5.89. The highest BCUT2D eigenvalue weighted by Crippen LogP contribution is 2.29. The van der Waals surface area contributed by atoms with E-state index >= 15 is 0 Å². The third kappa shape index (κ3) is 5.25. The lowest BCUT2D eigenvalue weighted by Crippen LogP contribution is -2.46. The van der Waals surface area contributed by atoms with E-state index in [1.54, 1.807) is 24.3 Å². The first-order chi connectivity index (χ1) is 15.1. The van der Waals surface area contributed by atoms with Crippen molar-refractivity contribution in [2.75, 3.05) is 25.1 Å². The van der Waals surface area contributed by atoms with Crippen molar-refractivity contribution in [2.45, 2.75) is 31.3 Å². The van der Waals surface area contributed by atoms with E-state index in [0.717, 1.165) is 5.75 Å². The van der Waals surface area contributed by atoms with Gasteiger partial charge in [-0.2, -0.15) is 0 Å². The Hall–Kier alpha value is -3.30. The van der Waals surface area contributed by atoms with Gasteiger partial charge in [-0.25, -0.2) is 9.59 Å². The van der Waals surface area contributed by atoms with E-state index in [0.29, 0.717) is 18.0 Å². The quantitative estimate of drug-likeness (QED) is 0.654. The summed E-state index contributed by atoms with van der Waals surface area (Å²) in [5, 5.41) is 8.23. The van der Waals surface area contributed by atoms with Crippen LogP contribution in [0.25, 0.3) is 0 Å². The van der Waals surface area contributed by atoms with E-state index in [2.05, 4.69) is 16.0 Å². The van der Waals surface area contributed by atoms with Crippen molar-refractivity contribution < 1.29 is 28.5 Å². The van der Waals surface area contributed by atoms with E-state index in [9.17, 15) is 9.59 Å². The van der Waals surface area contributed by atoms with Gasteiger partial charge in [0.1, 0.15) is 23.7 Å². The van der Waals surface area contributed by atoms with E-state index in [1.807, 2.05) is 37.3 Å². The van der Waals surface area contributed by atoms with Crippen molar-refractivity contribution in [1.82, 2.24) is 10.6 Å². The summed E-state index contributed by atoms with van der Waals surface area (Å²) < 4.78 is 22.5. The second-order valence-electron chi connectivity index (χ2n) is 7.21. The zero-order valence-corrected chi connectivity index (χ0v) is 17.1. The highest BCUT2D eigenvalue weighted by Gasteiger charge is 2.50. The number of alkyl carbamates (subject to hydrolysis) is 1. The van der Waals surface area contributed by atoms with Crippen LogP contribution in [-0.4, -0.2) is 56.2 Å². The Morgan fingerprint density at radius 2 is 1.68 bits per heavy atom. The monoisotopic (exact) mass is 427 g/mol. The summed E-state index contributed by atoms with van der Waals surface area (Å²) in [6, 6.07) is 15.8. The molecule has 9 heteroatoms. The molecule has 2 heterocycles. The molecular weight excluding hydrogens is 402 g/mol. The van der Waals surface area contributed by atoms with Crippen molar-refractivity contribution in [3.05, 3.63) is 54.6 Å². The first-order valence-electron chi connectivity index (χ1n) is 10.2. The summed E-state index contributed by atoms with van der Waals surface area (Å²) >= 11 is 0. The number of hydrogen-bond acceptors (Lipinski definition) is 6. The Bertz CT molecular complexity index is 892. The molecule has 2 fully saturated rings. The van der Waals surface area contributed by atoms with Crippen LogP contribution in [-0.2, 0) is 14.2 Å². The molecule has 2 aliphatic heterocycles. The van der Waals surface area contributed by atoms with Crippen LogP contribution in [0.3, 0.4) is 0 Å². The SMILES string of the molecule is CCNC(=O)O[C@@H]1CO[C@H]2[C@@H]1OC[C@@H]2NC(=O)Nc1ccc(Oc2ccccc2)cc1. The number of rotatable bonds is 6. The van der Waals surface area contributed by atoms with Gasteiger partial charge < -0.3 is 34.9 Å². The lowest BCUT2D eigenvalue weighted by molar-refractivity contribution is 0.00419. The van der Waals surface area contributed by atoms with Crippen molar-refractivity contribution in [1.29, 1.82) is 0 Å². The molecule has 0 radical (unpaired) electrons. The largest absolute Gasteiger partial charge is 0.457 e. The van der Waals surface area contributed by atoms with E-state index < -0.39 is 18.3 Å². The molecule has 0 spiro atoms. The molecule has 0 aliphatic carbocycles. The molecule has 3 N–H and O–H groups in total. The van der Waals surface area contributed by atoms with Crippen LogP contribution in [0.15, 0.2) is 54.6 Å². The Labute approximate surface area is 180 Å². The predicted molar refractivity (Wildman–Crippen MR) is 112 cm³/mol. The molecule has 2 aromatic carbocycles. The number of carbonyl (C=O) groups excluding carboxylic acids is 2. The second-order valence-corrected chi connectivity index (χ2v) is 7.21. The molecule has 31 heavy (non-hydrogen) atoms. The maximum atomic E-state index is 12.4. The Balaban J connectivity index is 1.26. The summed E-state index contributed by atoms with van der Waals surface area (Å²) in [6.45, 7) is 2.80. The van der Waals surface area contributed by atoms with Crippen molar-refractivity contribution in [2.24, 2.45) is 0 Å². The normalized spacial score (nSPS) is 24.2. The Morgan fingerprint density at radius 1 is 0.968 bits per heavy atom. The molecule has 9 nitrogen and oxygen atoms in total. The first kappa shape index (κ1) is 21.0. The van der Waals surface area contributed by atoms with Gasteiger partial charge in [-0.15, -0.1) is 0 Å². The van der Waals surface area contributed by atoms with E-state index in [4.69, 9.17) is 18.9 Å². The summed E-state index contributed by atoms with van der Waals surface area (Å²) in [5.74, 6) is 1.41. The van der Waals surface area contributed by atoms with Crippen LogP contribution in [0.5, 0.6) is 11.5 Å². The van der Waals surface area contributed by atoms with Crippen LogP contribution in [0, 0.1) is 0 Å². The smallest absolute Gasteiger partial charge is 0.407 e. The zero-order valence-electron chi connectivity index (χ0n) is 17.1. The zero-order chi connectivity index (χ0) is 21.6. The fraction of sp³-hybridized carbons (Fsp3) is 0.364. The van der Waals surface area contributed by atoms with Crippen LogP contribution in [0.2, 0.25) is 0 Å². The third-order valence-electron chi connectivity index (χ3n) is 5.00. The number of carbonyl (C=O) groups is 2. The van der Waals surface area contributed by atoms with Gasteiger partial charge in [-0.05, 0) is 43.3 Å². The van der Waals surface area contributed by atoms with E-state index in [-0.39, 0.29) is 31.4 Å². The molecule has 4 atom stereocenters. The highest BCUT2D eigenvalue weighted by atomic mass is 16.6. The average Bonchev–Trinajstić information content (AvgIpc) is 3.34.